The smallest absolute Gasteiger partial charge is 0.129 e. The van der Waals surface area contributed by atoms with Crippen molar-refractivity contribution < 1.29 is 9.50 Å². The van der Waals surface area contributed by atoms with Crippen molar-refractivity contribution in [3.8, 4) is 6.07 Å². The third kappa shape index (κ3) is 1.91. The number of hydrogen-bond acceptors (Lipinski definition) is 2. The zero-order chi connectivity index (χ0) is 13.2. The third-order valence-corrected chi connectivity index (χ3v) is 4.25. The summed E-state index contributed by atoms with van der Waals surface area (Å²) in [7, 11) is 0. The van der Waals surface area contributed by atoms with E-state index >= 15 is 0 Å². The van der Waals surface area contributed by atoms with Crippen molar-refractivity contribution in [3.63, 3.8) is 0 Å². The Hall–Kier alpha value is -1.40. The maximum atomic E-state index is 13.9. The zero-order valence-corrected chi connectivity index (χ0v) is 10.6. The molecule has 1 aliphatic rings. The molecule has 1 aliphatic carbocycles. The molecule has 1 unspecified atom stereocenters. The molecule has 1 atom stereocenters. The highest BCUT2D eigenvalue weighted by Crippen LogP contribution is 2.49. The van der Waals surface area contributed by atoms with Crippen molar-refractivity contribution in [2.45, 2.75) is 44.6 Å². The third-order valence-electron chi connectivity index (χ3n) is 4.25. The lowest BCUT2D eigenvalue weighted by atomic mass is 9.62. The lowest BCUT2D eigenvalue weighted by Crippen LogP contribution is -2.44. The number of nitriles is 1. The van der Waals surface area contributed by atoms with Crippen LogP contribution in [0.1, 0.15) is 44.6 Å². The standard InChI is InChI=1S/C15H18FNO/c1-14(18,12-7-3-4-8-13(12)16)15(11-17)9-5-2-6-10-15/h3-4,7-8,18H,2,5-6,9-10H2,1H3. The molecule has 3 heteroatoms. The maximum Gasteiger partial charge on any atom is 0.129 e. The SMILES string of the molecule is CC(O)(c1ccccc1F)C1(C#N)CCCCC1. The van der Waals surface area contributed by atoms with Crippen LogP contribution in [0.2, 0.25) is 0 Å². The van der Waals surface area contributed by atoms with Crippen molar-refractivity contribution in [2.24, 2.45) is 5.41 Å². The quantitative estimate of drug-likeness (QED) is 0.869. The van der Waals surface area contributed by atoms with E-state index in [-0.39, 0.29) is 5.56 Å². The summed E-state index contributed by atoms with van der Waals surface area (Å²) in [5.74, 6) is -0.442. The second kappa shape index (κ2) is 4.70. The van der Waals surface area contributed by atoms with Gasteiger partial charge in [-0.25, -0.2) is 4.39 Å². The van der Waals surface area contributed by atoms with Gasteiger partial charge in [0.2, 0.25) is 0 Å². The number of aliphatic hydroxyl groups is 1. The van der Waals surface area contributed by atoms with Gasteiger partial charge < -0.3 is 5.11 Å². The van der Waals surface area contributed by atoms with Gasteiger partial charge in [0.1, 0.15) is 11.4 Å². The van der Waals surface area contributed by atoms with E-state index in [1.54, 1.807) is 25.1 Å². The fourth-order valence-electron chi connectivity index (χ4n) is 2.98. The second-order valence-corrected chi connectivity index (χ2v) is 5.31. The predicted octanol–water partition coefficient (Wildman–Crippen LogP) is 3.51. The van der Waals surface area contributed by atoms with Gasteiger partial charge in [0.15, 0.2) is 0 Å². The van der Waals surface area contributed by atoms with Gasteiger partial charge in [0.25, 0.3) is 0 Å². The topological polar surface area (TPSA) is 44.0 Å². The molecule has 1 saturated carbocycles. The molecule has 2 rings (SSSR count). The van der Waals surface area contributed by atoms with Gasteiger partial charge in [-0.15, -0.1) is 0 Å². The van der Waals surface area contributed by atoms with Gasteiger partial charge >= 0.3 is 0 Å². The first-order valence-corrected chi connectivity index (χ1v) is 6.42. The lowest BCUT2D eigenvalue weighted by molar-refractivity contribution is -0.0658. The van der Waals surface area contributed by atoms with Crippen LogP contribution in [0, 0.1) is 22.6 Å². The number of hydrogen-bond donors (Lipinski definition) is 1. The van der Waals surface area contributed by atoms with E-state index in [2.05, 4.69) is 6.07 Å². The molecular formula is C15H18FNO. The summed E-state index contributed by atoms with van der Waals surface area (Å²) >= 11 is 0. The molecule has 1 aromatic carbocycles. The first-order valence-electron chi connectivity index (χ1n) is 6.42. The van der Waals surface area contributed by atoms with Crippen LogP contribution in [0.4, 0.5) is 4.39 Å². The molecule has 2 nitrogen and oxygen atoms in total. The van der Waals surface area contributed by atoms with Crippen molar-refractivity contribution in [2.75, 3.05) is 0 Å². The van der Waals surface area contributed by atoms with Gasteiger partial charge in [-0.3, -0.25) is 0 Å². The summed E-state index contributed by atoms with van der Waals surface area (Å²) in [6.45, 7) is 1.57. The van der Waals surface area contributed by atoms with E-state index in [1.165, 1.54) is 6.07 Å². The molecule has 0 saturated heterocycles. The molecule has 1 aromatic rings. The molecule has 0 spiro atoms. The largest absolute Gasteiger partial charge is 0.384 e. The fourth-order valence-corrected chi connectivity index (χ4v) is 2.98. The number of benzene rings is 1. The second-order valence-electron chi connectivity index (χ2n) is 5.31. The highest BCUT2D eigenvalue weighted by atomic mass is 19.1. The zero-order valence-electron chi connectivity index (χ0n) is 10.6. The van der Waals surface area contributed by atoms with Crippen LogP contribution >= 0.6 is 0 Å². The molecule has 1 fully saturated rings. The Morgan fingerprint density at radius 1 is 1.28 bits per heavy atom. The Morgan fingerprint density at radius 2 is 1.89 bits per heavy atom. The van der Waals surface area contributed by atoms with E-state index in [4.69, 9.17) is 0 Å². The van der Waals surface area contributed by atoms with Crippen LogP contribution in [0.3, 0.4) is 0 Å². The van der Waals surface area contributed by atoms with E-state index in [0.717, 1.165) is 19.3 Å². The van der Waals surface area contributed by atoms with Crippen LogP contribution in [0.5, 0.6) is 0 Å². The van der Waals surface area contributed by atoms with E-state index in [9.17, 15) is 14.8 Å². The molecule has 0 heterocycles. The van der Waals surface area contributed by atoms with Crippen LogP contribution in [-0.2, 0) is 5.60 Å². The van der Waals surface area contributed by atoms with Gasteiger partial charge in [0, 0.05) is 5.56 Å². The van der Waals surface area contributed by atoms with E-state index in [1.807, 2.05) is 0 Å². The molecule has 0 bridgehead atoms. The normalized spacial score (nSPS) is 21.9. The molecule has 0 radical (unpaired) electrons. The highest BCUT2D eigenvalue weighted by Gasteiger charge is 2.50. The monoisotopic (exact) mass is 247 g/mol. The average Bonchev–Trinajstić information content (AvgIpc) is 2.39. The highest BCUT2D eigenvalue weighted by molar-refractivity contribution is 5.29. The summed E-state index contributed by atoms with van der Waals surface area (Å²) in [5.41, 5.74) is -2.07. The molecular weight excluding hydrogens is 229 g/mol. The maximum absolute atomic E-state index is 13.9. The Kier molecular flexibility index (Phi) is 3.41. The Labute approximate surface area is 107 Å². The Balaban J connectivity index is 2.47. The fraction of sp³-hybridized carbons (Fsp3) is 0.533. The minimum absolute atomic E-state index is 0.230. The van der Waals surface area contributed by atoms with Gasteiger partial charge in [-0.2, -0.15) is 5.26 Å². The predicted molar refractivity (Wildman–Crippen MR) is 67.1 cm³/mol. The molecule has 0 aromatic heterocycles. The summed E-state index contributed by atoms with van der Waals surface area (Å²) in [6, 6.07) is 8.46. The lowest BCUT2D eigenvalue weighted by Gasteiger charge is -2.43. The first-order chi connectivity index (χ1) is 8.53. The van der Waals surface area contributed by atoms with Crippen molar-refractivity contribution in [1.29, 1.82) is 5.26 Å². The minimum atomic E-state index is -1.44. The summed E-state index contributed by atoms with van der Waals surface area (Å²) in [4.78, 5) is 0. The van der Waals surface area contributed by atoms with Crippen LogP contribution < -0.4 is 0 Å². The van der Waals surface area contributed by atoms with E-state index < -0.39 is 16.8 Å². The van der Waals surface area contributed by atoms with E-state index in [0.29, 0.717) is 12.8 Å². The minimum Gasteiger partial charge on any atom is -0.384 e. The molecule has 96 valence electrons. The Bertz CT molecular complexity index is 470. The van der Waals surface area contributed by atoms with Gasteiger partial charge in [0.05, 0.1) is 11.5 Å². The van der Waals surface area contributed by atoms with Crippen molar-refractivity contribution >= 4 is 0 Å². The molecule has 18 heavy (non-hydrogen) atoms. The number of halogens is 1. The van der Waals surface area contributed by atoms with Crippen LogP contribution in [0.25, 0.3) is 0 Å². The first kappa shape index (κ1) is 13.0. The van der Waals surface area contributed by atoms with Crippen molar-refractivity contribution in [1.82, 2.24) is 0 Å². The average molecular weight is 247 g/mol. The molecule has 0 aliphatic heterocycles. The van der Waals surface area contributed by atoms with Crippen LogP contribution in [0.15, 0.2) is 24.3 Å². The van der Waals surface area contributed by atoms with Crippen LogP contribution in [-0.4, -0.2) is 5.11 Å². The van der Waals surface area contributed by atoms with Gasteiger partial charge in [-0.05, 0) is 25.8 Å². The van der Waals surface area contributed by atoms with Crippen molar-refractivity contribution in [3.05, 3.63) is 35.6 Å². The number of rotatable bonds is 2. The summed E-state index contributed by atoms with van der Waals surface area (Å²) < 4.78 is 13.9. The summed E-state index contributed by atoms with van der Waals surface area (Å²) in [6.07, 6.45) is 4.17. The van der Waals surface area contributed by atoms with Gasteiger partial charge in [-0.1, -0.05) is 37.5 Å². The molecule has 0 amide bonds. The summed E-state index contributed by atoms with van der Waals surface area (Å²) in [5, 5.41) is 20.3. The Morgan fingerprint density at radius 3 is 2.44 bits per heavy atom. The number of nitrogens with zero attached hydrogens (tertiary/aromatic N) is 1. The molecule has 1 N–H and O–H groups in total.